The molecule has 0 aliphatic carbocycles. The van der Waals surface area contributed by atoms with Gasteiger partial charge >= 0.3 is 0 Å². The molecular weight excluding hydrogens is 440 g/mol. The van der Waals surface area contributed by atoms with E-state index in [1.165, 1.54) is 0 Å². The van der Waals surface area contributed by atoms with Gasteiger partial charge in [-0.15, -0.1) is 0 Å². The van der Waals surface area contributed by atoms with Crippen LogP contribution in [0.4, 0.5) is 0 Å². The van der Waals surface area contributed by atoms with Crippen molar-refractivity contribution >= 4 is 17.7 Å². The van der Waals surface area contributed by atoms with Crippen molar-refractivity contribution in [1.82, 2.24) is 9.80 Å². The molecule has 9 nitrogen and oxygen atoms in total. The first-order chi connectivity index (χ1) is 16.3. The number of hydrogen-bond donors (Lipinski definition) is 0. The lowest BCUT2D eigenvalue weighted by atomic mass is 9.88. The van der Waals surface area contributed by atoms with Gasteiger partial charge in [-0.05, 0) is 38.1 Å². The predicted molar refractivity (Wildman–Crippen MR) is 120 cm³/mol. The monoisotopic (exact) mass is 466 g/mol. The molecule has 2 aromatic carbocycles. The van der Waals surface area contributed by atoms with Gasteiger partial charge in [-0.1, -0.05) is 12.1 Å². The van der Waals surface area contributed by atoms with Gasteiger partial charge in [0.05, 0.1) is 38.0 Å². The molecule has 34 heavy (non-hydrogen) atoms. The van der Waals surface area contributed by atoms with Crippen molar-refractivity contribution in [3.8, 4) is 11.5 Å². The van der Waals surface area contributed by atoms with E-state index in [9.17, 15) is 14.4 Å². The maximum atomic E-state index is 13.5. The summed E-state index contributed by atoms with van der Waals surface area (Å²) in [5.74, 6) is -0.901. The lowest BCUT2D eigenvalue weighted by Gasteiger charge is -2.51. The number of benzene rings is 2. The van der Waals surface area contributed by atoms with E-state index in [4.69, 9.17) is 18.9 Å². The number of ether oxygens (including phenoxy) is 4. The number of β-lactam (4-membered cyclic amide) rings is 1. The number of carbonyl (C=O) groups is 3. The van der Waals surface area contributed by atoms with Crippen LogP contribution >= 0.6 is 0 Å². The lowest BCUT2D eigenvalue weighted by molar-refractivity contribution is -0.179. The molecule has 1 unspecified atom stereocenters. The van der Waals surface area contributed by atoms with Gasteiger partial charge in [0, 0.05) is 18.2 Å². The van der Waals surface area contributed by atoms with Crippen molar-refractivity contribution in [2.75, 3.05) is 20.8 Å². The number of nitrogens with zero attached hydrogens (tertiary/aromatic N) is 2. The summed E-state index contributed by atoms with van der Waals surface area (Å²) in [4.78, 5) is 42.4. The molecule has 0 spiro atoms. The normalized spacial score (nSPS) is 25.4. The Morgan fingerprint density at radius 2 is 1.68 bits per heavy atom. The summed E-state index contributed by atoms with van der Waals surface area (Å²) in [5.41, 5.74) is 1.37. The molecule has 0 saturated carbocycles. The molecule has 3 heterocycles. The molecule has 178 valence electrons. The number of likely N-dealkylation sites (tertiary alicyclic amines) is 1. The zero-order valence-electron chi connectivity index (χ0n) is 19.4. The Bertz CT molecular complexity index is 1140. The minimum absolute atomic E-state index is 0.219. The highest BCUT2D eigenvalue weighted by Crippen LogP contribution is 2.40. The molecule has 5 rings (SSSR count). The summed E-state index contributed by atoms with van der Waals surface area (Å²) in [6.07, 6.45) is -0.508. The summed E-state index contributed by atoms with van der Waals surface area (Å²) in [5, 5.41) is 0. The highest BCUT2D eigenvalue weighted by atomic mass is 16.7. The number of methoxy groups -OCH3 is 2. The van der Waals surface area contributed by atoms with Gasteiger partial charge in [0.1, 0.15) is 23.6 Å². The summed E-state index contributed by atoms with van der Waals surface area (Å²) in [6, 6.07) is 10.4. The Hall–Kier alpha value is -3.43. The number of fused-ring (bicyclic) bond motifs is 1. The Kier molecular flexibility index (Phi) is 5.33. The Morgan fingerprint density at radius 1 is 1.00 bits per heavy atom. The molecule has 2 fully saturated rings. The highest BCUT2D eigenvalue weighted by Gasteiger charge is 2.60. The van der Waals surface area contributed by atoms with Crippen LogP contribution in [0.3, 0.4) is 0 Å². The second-order valence-electron chi connectivity index (χ2n) is 8.97. The van der Waals surface area contributed by atoms with Crippen molar-refractivity contribution in [2.24, 2.45) is 0 Å². The molecule has 3 amide bonds. The first-order valence-electron chi connectivity index (χ1n) is 11.1. The van der Waals surface area contributed by atoms with Crippen LogP contribution in [0.2, 0.25) is 0 Å². The maximum Gasteiger partial charge on any atom is 0.262 e. The van der Waals surface area contributed by atoms with Gasteiger partial charge in [-0.25, -0.2) is 0 Å². The summed E-state index contributed by atoms with van der Waals surface area (Å²) in [7, 11) is 3.11. The zero-order chi connectivity index (χ0) is 24.2. The van der Waals surface area contributed by atoms with Crippen molar-refractivity contribution < 1.29 is 33.3 Å². The van der Waals surface area contributed by atoms with E-state index in [2.05, 4.69) is 0 Å². The highest BCUT2D eigenvalue weighted by molar-refractivity contribution is 6.23. The van der Waals surface area contributed by atoms with E-state index >= 15 is 0 Å². The van der Waals surface area contributed by atoms with Gasteiger partial charge in [-0.2, -0.15) is 0 Å². The molecule has 0 radical (unpaired) electrons. The SMILES string of the molecule is COc1ccc(CN2C(=O)[C@H](N3C(=O)c4ccccc4C3=O)[C@@H]2C2COC(C)(C)O2)c(OC)c1. The average molecular weight is 466 g/mol. The summed E-state index contributed by atoms with van der Waals surface area (Å²) < 4.78 is 22.6. The average Bonchev–Trinajstić information content (AvgIpc) is 3.31. The number of hydrogen-bond acceptors (Lipinski definition) is 7. The predicted octanol–water partition coefficient (Wildman–Crippen LogP) is 2.23. The topological polar surface area (TPSA) is 94.6 Å². The van der Waals surface area contributed by atoms with Gasteiger partial charge in [0.15, 0.2) is 5.79 Å². The third kappa shape index (κ3) is 3.43. The van der Waals surface area contributed by atoms with Crippen LogP contribution in [0.5, 0.6) is 11.5 Å². The number of rotatable bonds is 6. The standard InChI is InChI=1S/C25H26N2O7/c1-25(2)33-13-19(34-25)20-21(27-22(28)16-7-5-6-8-17(16)23(27)29)24(30)26(20)12-14-9-10-15(31-3)11-18(14)32-4/h5-11,19-21H,12-13H2,1-4H3/t19?,20-,21+/m0/s1. The van der Waals surface area contributed by atoms with Gasteiger partial charge in [-0.3, -0.25) is 19.3 Å². The second kappa shape index (κ2) is 8.11. The van der Waals surface area contributed by atoms with Crippen LogP contribution in [0.1, 0.15) is 40.1 Å². The maximum absolute atomic E-state index is 13.5. The number of amides is 3. The Labute approximate surface area is 197 Å². The van der Waals surface area contributed by atoms with Gasteiger partial charge in [0.25, 0.3) is 11.8 Å². The summed E-state index contributed by atoms with van der Waals surface area (Å²) in [6.45, 7) is 4.04. The van der Waals surface area contributed by atoms with Crippen molar-refractivity contribution in [3.05, 3.63) is 59.2 Å². The first-order valence-corrected chi connectivity index (χ1v) is 11.1. The quantitative estimate of drug-likeness (QED) is 0.476. The molecular formula is C25H26N2O7. The van der Waals surface area contributed by atoms with Crippen LogP contribution in [-0.2, 0) is 20.8 Å². The number of imide groups is 1. The van der Waals surface area contributed by atoms with E-state index in [-0.39, 0.29) is 19.1 Å². The van der Waals surface area contributed by atoms with Crippen molar-refractivity contribution in [3.63, 3.8) is 0 Å². The number of carbonyl (C=O) groups excluding carboxylic acids is 3. The molecule has 9 heteroatoms. The molecule has 2 saturated heterocycles. The van der Waals surface area contributed by atoms with Crippen LogP contribution in [0, 0.1) is 0 Å². The third-order valence-corrected chi connectivity index (χ3v) is 6.57. The lowest BCUT2D eigenvalue weighted by Crippen LogP contribution is -2.74. The largest absolute Gasteiger partial charge is 0.497 e. The molecule has 2 aromatic rings. The van der Waals surface area contributed by atoms with Crippen LogP contribution in [0.15, 0.2) is 42.5 Å². The van der Waals surface area contributed by atoms with Crippen LogP contribution < -0.4 is 9.47 Å². The smallest absolute Gasteiger partial charge is 0.262 e. The Balaban J connectivity index is 1.48. The molecule has 0 N–H and O–H groups in total. The van der Waals surface area contributed by atoms with Crippen LogP contribution in [-0.4, -0.2) is 72.3 Å². The fourth-order valence-corrected chi connectivity index (χ4v) is 4.91. The second-order valence-corrected chi connectivity index (χ2v) is 8.97. The molecule has 3 aliphatic rings. The van der Waals surface area contributed by atoms with Gasteiger partial charge in [0.2, 0.25) is 5.91 Å². The molecule has 0 bridgehead atoms. The fourth-order valence-electron chi connectivity index (χ4n) is 4.91. The minimum Gasteiger partial charge on any atom is -0.497 e. The zero-order valence-corrected chi connectivity index (χ0v) is 19.4. The van der Waals surface area contributed by atoms with E-state index < -0.39 is 35.8 Å². The molecule has 3 aliphatic heterocycles. The first kappa shape index (κ1) is 22.4. The van der Waals surface area contributed by atoms with Gasteiger partial charge < -0.3 is 23.8 Å². The van der Waals surface area contributed by atoms with Crippen LogP contribution in [0.25, 0.3) is 0 Å². The van der Waals surface area contributed by atoms with E-state index in [0.29, 0.717) is 22.6 Å². The fraction of sp³-hybridized carbons (Fsp3) is 0.400. The van der Waals surface area contributed by atoms with E-state index in [1.807, 2.05) is 6.07 Å². The van der Waals surface area contributed by atoms with E-state index in [1.54, 1.807) is 69.4 Å². The minimum atomic E-state index is -0.973. The summed E-state index contributed by atoms with van der Waals surface area (Å²) >= 11 is 0. The van der Waals surface area contributed by atoms with E-state index in [0.717, 1.165) is 10.5 Å². The van der Waals surface area contributed by atoms with Crippen molar-refractivity contribution in [1.29, 1.82) is 0 Å². The molecule has 3 atom stereocenters. The molecule has 0 aromatic heterocycles. The van der Waals surface area contributed by atoms with Crippen molar-refractivity contribution in [2.45, 2.75) is 44.4 Å². The third-order valence-electron chi connectivity index (χ3n) is 6.57. The Morgan fingerprint density at radius 3 is 2.24 bits per heavy atom.